The molecule has 1 saturated carbocycles. The van der Waals surface area contributed by atoms with E-state index in [-0.39, 0.29) is 12.8 Å². The van der Waals surface area contributed by atoms with Gasteiger partial charge in [-0.2, -0.15) is 0 Å². The summed E-state index contributed by atoms with van der Waals surface area (Å²) in [6.45, 7) is 3.13. The molecule has 6 unspecified atom stereocenters. The predicted molar refractivity (Wildman–Crippen MR) is 258 cm³/mol. The minimum atomic E-state index is -5.14. The first-order chi connectivity index (χ1) is 31.4. The lowest BCUT2D eigenvalue weighted by atomic mass is 9.85. The Bertz CT molecular complexity index is 1370. The van der Waals surface area contributed by atoms with Crippen LogP contribution >= 0.6 is 7.82 Å². The van der Waals surface area contributed by atoms with Crippen LogP contribution < -0.4 is 0 Å². The number of ether oxygens (including phenoxy) is 2. The second-order valence-electron chi connectivity index (χ2n) is 17.3. The highest BCUT2D eigenvalue weighted by Crippen LogP contribution is 2.47. The van der Waals surface area contributed by atoms with Gasteiger partial charge in [-0.25, -0.2) is 4.57 Å². The summed E-state index contributed by atoms with van der Waals surface area (Å²) in [6, 6.07) is 0. The van der Waals surface area contributed by atoms with Crippen molar-refractivity contribution in [2.45, 2.75) is 236 Å². The van der Waals surface area contributed by atoms with E-state index in [0.29, 0.717) is 19.3 Å². The third kappa shape index (κ3) is 32.8. The van der Waals surface area contributed by atoms with E-state index >= 15 is 0 Å². The van der Waals surface area contributed by atoms with Gasteiger partial charge in [-0.05, 0) is 64.2 Å². The van der Waals surface area contributed by atoms with Gasteiger partial charge in [-0.15, -0.1) is 0 Å². The topological polar surface area (TPSA) is 210 Å². The van der Waals surface area contributed by atoms with Gasteiger partial charge in [0.1, 0.15) is 43.2 Å². The quantitative estimate of drug-likeness (QED) is 0.0146. The molecule has 0 aromatic carbocycles. The molecule has 1 aliphatic rings. The van der Waals surface area contributed by atoms with E-state index in [1.165, 1.54) is 109 Å². The number of phosphoric acid groups is 1. The molecule has 1 fully saturated rings. The fourth-order valence-corrected chi connectivity index (χ4v) is 8.33. The van der Waals surface area contributed by atoms with Crippen molar-refractivity contribution in [3.63, 3.8) is 0 Å². The van der Waals surface area contributed by atoms with E-state index in [1.54, 1.807) is 0 Å². The van der Waals surface area contributed by atoms with Gasteiger partial charge in [-0.1, -0.05) is 177 Å². The lowest BCUT2D eigenvalue weighted by Crippen LogP contribution is -2.64. The van der Waals surface area contributed by atoms with Gasteiger partial charge in [0, 0.05) is 12.8 Å². The molecule has 0 spiro atoms. The van der Waals surface area contributed by atoms with E-state index in [1.807, 2.05) is 18.2 Å². The number of carbonyl (C=O) groups is 2. The van der Waals surface area contributed by atoms with Crippen molar-refractivity contribution in [1.29, 1.82) is 0 Å². The second kappa shape index (κ2) is 40.6. The molecule has 0 aromatic heterocycles. The molecule has 376 valence electrons. The van der Waals surface area contributed by atoms with E-state index < -0.39 is 75.7 Å². The lowest BCUT2D eigenvalue weighted by Gasteiger charge is -2.41. The number of phosphoric ester groups is 1. The van der Waals surface area contributed by atoms with Gasteiger partial charge in [0.05, 0.1) is 6.61 Å². The smallest absolute Gasteiger partial charge is 0.462 e. The number of hydrogen-bond acceptors (Lipinski definition) is 12. The molecule has 0 aromatic rings. The normalized spacial score (nSPS) is 21.9. The molecule has 0 radical (unpaired) electrons. The van der Waals surface area contributed by atoms with Crippen LogP contribution in [0, 0.1) is 0 Å². The molecule has 0 aliphatic heterocycles. The number of aliphatic hydroxyl groups excluding tert-OH is 5. The third-order valence-electron chi connectivity index (χ3n) is 11.4. The largest absolute Gasteiger partial charge is 0.472 e. The zero-order valence-corrected chi connectivity index (χ0v) is 40.9. The van der Waals surface area contributed by atoms with Crippen molar-refractivity contribution in [3.8, 4) is 0 Å². The Labute approximate surface area is 392 Å². The van der Waals surface area contributed by atoms with Crippen molar-refractivity contribution in [3.05, 3.63) is 60.8 Å². The summed E-state index contributed by atoms with van der Waals surface area (Å²) in [4.78, 5) is 35.7. The van der Waals surface area contributed by atoms with Gasteiger partial charge in [0.25, 0.3) is 0 Å². The van der Waals surface area contributed by atoms with Crippen molar-refractivity contribution >= 4 is 19.8 Å². The highest BCUT2D eigenvalue weighted by Gasteiger charge is 2.51. The molecule has 1 aliphatic carbocycles. The standard InChI is InChI=1S/C51H89O13P/c1-3-5-7-9-11-13-15-17-18-19-20-21-22-23-24-25-26-28-29-31-33-35-37-39-44(52)61-41-43(42-62-65(59,60)64-51-49(57)47(55)46(54)48(56)50(51)58)63-45(53)40-38-36-34-32-30-27-16-14-12-10-8-6-4-2/h6,8,12,14,19-20,27,30,34,36,43,46-51,54-58H,3-5,7,9-11,13,15-18,21-26,28-29,31-33,35,37-42H2,1-2H3,(H,59,60)/b8-6-,14-12-,20-19-,30-27-,36-34-. The number of esters is 2. The molecule has 0 heterocycles. The average Bonchev–Trinajstić information content (AvgIpc) is 3.29. The molecule has 6 N–H and O–H groups in total. The molecule has 0 saturated heterocycles. The summed E-state index contributed by atoms with van der Waals surface area (Å²) in [5.74, 6) is -1.19. The van der Waals surface area contributed by atoms with Crippen LogP contribution in [-0.4, -0.2) is 98.3 Å². The number of hydrogen-bond donors (Lipinski definition) is 6. The summed E-state index contributed by atoms with van der Waals surface area (Å²) in [7, 11) is -5.14. The van der Waals surface area contributed by atoms with Crippen LogP contribution in [0.2, 0.25) is 0 Å². The van der Waals surface area contributed by atoms with Crippen LogP contribution in [0.15, 0.2) is 60.8 Å². The summed E-state index contributed by atoms with van der Waals surface area (Å²) in [5, 5.41) is 50.2. The van der Waals surface area contributed by atoms with Crippen LogP contribution in [0.1, 0.15) is 194 Å². The van der Waals surface area contributed by atoms with Gasteiger partial charge in [0.2, 0.25) is 0 Å². The van der Waals surface area contributed by atoms with Gasteiger partial charge < -0.3 is 39.9 Å². The van der Waals surface area contributed by atoms with Crippen LogP contribution in [0.5, 0.6) is 0 Å². The van der Waals surface area contributed by atoms with Crippen molar-refractivity contribution in [2.24, 2.45) is 0 Å². The molecular formula is C51H89O13P. The van der Waals surface area contributed by atoms with E-state index in [9.17, 15) is 44.6 Å². The van der Waals surface area contributed by atoms with E-state index in [0.717, 1.165) is 38.5 Å². The molecule has 0 bridgehead atoms. The predicted octanol–water partition coefficient (Wildman–Crippen LogP) is 10.5. The number of rotatable bonds is 41. The minimum absolute atomic E-state index is 0.0259. The van der Waals surface area contributed by atoms with Crippen molar-refractivity contribution in [2.75, 3.05) is 13.2 Å². The van der Waals surface area contributed by atoms with Gasteiger partial charge >= 0.3 is 19.8 Å². The first-order valence-corrected chi connectivity index (χ1v) is 26.6. The number of aliphatic hydroxyl groups is 5. The monoisotopic (exact) mass is 941 g/mol. The van der Waals surface area contributed by atoms with Crippen molar-refractivity contribution in [1.82, 2.24) is 0 Å². The Balaban J connectivity index is 2.38. The lowest BCUT2D eigenvalue weighted by molar-refractivity contribution is -0.220. The van der Waals surface area contributed by atoms with Gasteiger partial charge in [0.15, 0.2) is 6.10 Å². The zero-order valence-electron chi connectivity index (χ0n) is 40.0. The highest BCUT2D eigenvalue weighted by molar-refractivity contribution is 7.47. The number of allylic oxidation sites excluding steroid dienone is 10. The first kappa shape index (κ1) is 60.6. The Morgan fingerprint density at radius 3 is 1.40 bits per heavy atom. The summed E-state index contributed by atoms with van der Waals surface area (Å²) >= 11 is 0. The highest BCUT2D eigenvalue weighted by atomic mass is 31.2. The first-order valence-electron chi connectivity index (χ1n) is 25.1. The maximum absolute atomic E-state index is 12.8. The molecule has 6 atom stereocenters. The van der Waals surface area contributed by atoms with E-state index in [4.69, 9.17) is 18.5 Å². The van der Waals surface area contributed by atoms with E-state index in [2.05, 4.69) is 56.4 Å². The Kier molecular flexibility index (Phi) is 37.8. The molecule has 0 amide bonds. The second-order valence-corrected chi connectivity index (χ2v) is 18.7. The minimum Gasteiger partial charge on any atom is -0.462 e. The summed E-state index contributed by atoms with van der Waals surface area (Å²) < 4.78 is 33.5. The fraction of sp³-hybridized carbons (Fsp3) is 0.765. The Morgan fingerprint density at radius 2 is 0.908 bits per heavy atom. The van der Waals surface area contributed by atoms with Crippen LogP contribution in [0.4, 0.5) is 0 Å². The zero-order chi connectivity index (χ0) is 47.8. The fourth-order valence-electron chi connectivity index (χ4n) is 7.36. The maximum atomic E-state index is 12.8. The summed E-state index contributed by atoms with van der Waals surface area (Å²) in [6.07, 6.45) is 37.3. The van der Waals surface area contributed by atoms with Crippen LogP contribution in [0.25, 0.3) is 0 Å². The molecule has 65 heavy (non-hydrogen) atoms. The summed E-state index contributed by atoms with van der Waals surface area (Å²) in [5.41, 5.74) is 0. The SMILES string of the molecule is CC/C=C\C/C=C\C/C=C\C/C=C\CCC(=O)OC(COC(=O)CCCCCCCCCCCCC/C=C\CCCCCCCCCC)COP(=O)(O)OC1C(O)C(O)C(O)C(O)C1O. The Morgan fingerprint density at radius 1 is 0.492 bits per heavy atom. The van der Waals surface area contributed by atoms with Crippen LogP contribution in [-0.2, 0) is 32.7 Å². The molecule has 14 heteroatoms. The third-order valence-corrected chi connectivity index (χ3v) is 12.3. The molecular weight excluding hydrogens is 852 g/mol. The van der Waals surface area contributed by atoms with Gasteiger partial charge in [-0.3, -0.25) is 18.6 Å². The average molecular weight is 941 g/mol. The maximum Gasteiger partial charge on any atom is 0.472 e. The number of unbranched alkanes of at least 4 members (excludes halogenated alkanes) is 19. The molecule has 13 nitrogen and oxygen atoms in total. The Hall–Kier alpha value is -2.45. The van der Waals surface area contributed by atoms with Crippen LogP contribution in [0.3, 0.4) is 0 Å². The number of carbonyl (C=O) groups excluding carboxylic acids is 2. The molecule has 1 rings (SSSR count). The van der Waals surface area contributed by atoms with Crippen molar-refractivity contribution < 1.29 is 63.1 Å².